The molecule has 21 heavy (non-hydrogen) atoms. The molecule has 0 heterocycles. The Bertz CT molecular complexity index is 502. The number of aryl methyl sites for hydroxylation is 1. The molecule has 0 spiro atoms. The molecule has 0 saturated heterocycles. The molecule has 0 bridgehead atoms. The zero-order valence-electron chi connectivity index (χ0n) is 12.4. The van der Waals surface area contributed by atoms with E-state index in [-0.39, 0.29) is 24.3 Å². The van der Waals surface area contributed by atoms with E-state index in [1.54, 1.807) is 7.11 Å². The first-order valence-corrected chi connectivity index (χ1v) is 7.33. The molecule has 1 atom stereocenters. The average molecular weight is 290 g/mol. The predicted octanol–water partition coefficient (Wildman–Crippen LogP) is 0.985. The van der Waals surface area contributed by atoms with Gasteiger partial charge in [-0.1, -0.05) is 24.3 Å². The number of hydrogen-bond acceptors (Lipinski definition) is 3. The highest BCUT2D eigenvalue weighted by atomic mass is 16.5. The van der Waals surface area contributed by atoms with E-state index in [0.717, 1.165) is 24.8 Å². The Morgan fingerprint density at radius 3 is 2.90 bits per heavy atom. The van der Waals surface area contributed by atoms with Crippen LogP contribution in [0.2, 0.25) is 0 Å². The van der Waals surface area contributed by atoms with E-state index < -0.39 is 0 Å². The van der Waals surface area contributed by atoms with Gasteiger partial charge in [0, 0.05) is 13.7 Å². The number of fused-ring (bicyclic) bond motifs is 1. The first kappa shape index (κ1) is 15.5. The summed E-state index contributed by atoms with van der Waals surface area (Å²) in [5.41, 5.74) is 2.34. The Kier molecular flexibility index (Phi) is 5.75. The van der Waals surface area contributed by atoms with Crippen LogP contribution in [0.25, 0.3) is 0 Å². The Balaban J connectivity index is 1.86. The molecule has 2 rings (SSSR count). The van der Waals surface area contributed by atoms with Gasteiger partial charge in [-0.05, 0) is 30.4 Å². The topological polar surface area (TPSA) is 67.4 Å². The fourth-order valence-electron chi connectivity index (χ4n) is 2.67. The van der Waals surface area contributed by atoms with E-state index in [9.17, 15) is 9.59 Å². The van der Waals surface area contributed by atoms with E-state index in [1.165, 1.54) is 5.56 Å². The summed E-state index contributed by atoms with van der Waals surface area (Å²) in [6.45, 7) is 0.939. The number of methoxy groups -OCH3 is 1. The number of rotatable bonds is 6. The molecule has 0 aromatic heterocycles. The molecule has 1 aromatic carbocycles. The van der Waals surface area contributed by atoms with Crippen molar-refractivity contribution in [3.8, 4) is 0 Å². The van der Waals surface area contributed by atoms with E-state index in [0.29, 0.717) is 13.2 Å². The SMILES string of the molecule is COCCNC(=O)CNC(=O)C1CCCc2ccccc21. The highest BCUT2D eigenvalue weighted by molar-refractivity contribution is 5.88. The van der Waals surface area contributed by atoms with Crippen molar-refractivity contribution in [2.45, 2.75) is 25.2 Å². The molecule has 5 heteroatoms. The van der Waals surface area contributed by atoms with Gasteiger partial charge in [-0.25, -0.2) is 0 Å². The second-order valence-electron chi connectivity index (χ2n) is 5.20. The van der Waals surface area contributed by atoms with Crippen molar-refractivity contribution in [1.82, 2.24) is 10.6 Å². The van der Waals surface area contributed by atoms with Crippen LogP contribution in [-0.4, -0.2) is 38.6 Å². The third kappa shape index (κ3) is 4.29. The van der Waals surface area contributed by atoms with Crippen molar-refractivity contribution in [2.75, 3.05) is 26.8 Å². The molecule has 0 aliphatic heterocycles. The molecule has 2 N–H and O–H groups in total. The standard InChI is InChI=1S/C16H22N2O3/c1-21-10-9-17-15(19)11-18-16(20)14-8-4-6-12-5-2-3-7-13(12)14/h2-3,5,7,14H,4,6,8-11H2,1H3,(H,17,19)(H,18,20). The maximum Gasteiger partial charge on any atom is 0.239 e. The zero-order chi connectivity index (χ0) is 15.1. The highest BCUT2D eigenvalue weighted by Crippen LogP contribution is 2.31. The Labute approximate surface area is 125 Å². The predicted molar refractivity (Wildman–Crippen MR) is 80.0 cm³/mol. The van der Waals surface area contributed by atoms with Gasteiger partial charge in [-0.15, -0.1) is 0 Å². The lowest BCUT2D eigenvalue weighted by Crippen LogP contribution is -2.40. The molecule has 1 aliphatic rings. The van der Waals surface area contributed by atoms with Gasteiger partial charge >= 0.3 is 0 Å². The summed E-state index contributed by atoms with van der Waals surface area (Å²) in [7, 11) is 1.58. The van der Waals surface area contributed by atoms with Crippen LogP contribution in [0.4, 0.5) is 0 Å². The summed E-state index contributed by atoms with van der Waals surface area (Å²) in [4.78, 5) is 23.8. The fraction of sp³-hybridized carbons (Fsp3) is 0.500. The molecule has 5 nitrogen and oxygen atoms in total. The van der Waals surface area contributed by atoms with Crippen molar-refractivity contribution in [3.63, 3.8) is 0 Å². The minimum Gasteiger partial charge on any atom is -0.383 e. The molecular formula is C16H22N2O3. The molecule has 1 unspecified atom stereocenters. The van der Waals surface area contributed by atoms with E-state index in [4.69, 9.17) is 4.74 Å². The lowest BCUT2D eigenvalue weighted by molar-refractivity contribution is -0.127. The van der Waals surface area contributed by atoms with Crippen LogP contribution < -0.4 is 10.6 Å². The first-order chi connectivity index (χ1) is 10.2. The molecule has 0 radical (unpaired) electrons. The Hall–Kier alpha value is -1.88. The largest absolute Gasteiger partial charge is 0.383 e. The van der Waals surface area contributed by atoms with Crippen LogP contribution in [0, 0.1) is 0 Å². The van der Waals surface area contributed by atoms with Crippen molar-refractivity contribution >= 4 is 11.8 Å². The smallest absolute Gasteiger partial charge is 0.239 e. The third-order valence-electron chi connectivity index (χ3n) is 3.74. The lowest BCUT2D eigenvalue weighted by Gasteiger charge is -2.24. The van der Waals surface area contributed by atoms with Crippen molar-refractivity contribution in [1.29, 1.82) is 0 Å². The molecular weight excluding hydrogens is 268 g/mol. The zero-order valence-corrected chi connectivity index (χ0v) is 12.4. The van der Waals surface area contributed by atoms with Crippen LogP contribution in [0.3, 0.4) is 0 Å². The van der Waals surface area contributed by atoms with Crippen LogP contribution in [-0.2, 0) is 20.7 Å². The molecule has 114 valence electrons. The molecule has 0 fully saturated rings. The number of carbonyl (C=O) groups excluding carboxylic acids is 2. The van der Waals surface area contributed by atoms with Crippen LogP contribution in [0.5, 0.6) is 0 Å². The van der Waals surface area contributed by atoms with Gasteiger partial charge in [0.2, 0.25) is 11.8 Å². The molecule has 2 amide bonds. The second kappa shape index (κ2) is 7.78. The van der Waals surface area contributed by atoms with Crippen molar-refractivity contribution in [2.24, 2.45) is 0 Å². The van der Waals surface area contributed by atoms with E-state index in [2.05, 4.69) is 16.7 Å². The number of nitrogens with one attached hydrogen (secondary N) is 2. The quantitative estimate of drug-likeness (QED) is 0.768. The van der Waals surface area contributed by atoms with Gasteiger partial charge in [0.05, 0.1) is 19.1 Å². The summed E-state index contributed by atoms with van der Waals surface area (Å²) < 4.78 is 4.85. The summed E-state index contributed by atoms with van der Waals surface area (Å²) in [5.74, 6) is -0.393. The maximum atomic E-state index is 12.3. The third-order valence-corrected chi connectivity index (χ3v) is 3.74. The van der Waals surface area contributed by atoms with Crippen molar-refractivity contribution < 1.29 is 14.3 Å². The van der Waals surface area contributed by atoms with Gasteiger partial charge in [-0.3, -0.25) is 9.59 Å². The van der Waals surface area contributed by atoms with Gasteiger partial charge in [0.1, 0.15) is 0 Å². The first-order valence-electron chi connectivity index (χ1n) is 7.33. The summed E-state index contributed by atoms with van der Waals surface area (Å²) in [5, 5.41) is 5.41. The van der Waals surface area contributed by atoms with Gasteiger partial charge in [-0.2, -0.15) is 0 Å². The Morgan fingerprint density at radius 1 is 1.29 bits per heavy atom. The molecule has 1 aromatic rings. The average Bonchev–Trinajstić information content (AvgIpc) is 2.52. The van der Waals surface area contributed by atoms with E-state index in [1.807, 2.05) is 18.2 Å². The number of ether oxygens (including phenoxy) is 1. The fourth-order valence-corrected chi connectivity index (χ4v) is 2.67. The number of carbonyl (C=O) groups is 2. The van der Waals surface area contributed by atoms with Gasteiger partial charge in [0.15, 0.2) is 0 Å². The second-order valence-corrected chi connectivity index (χ2v) is 5.20. The monoisotopic (exact) mass is 290 g/mol. The van der Waals surface area contributed by atoms with Gasteiger partial charge in [0.25, 0.3) is 0 Å². The number of benzene rings is 1. The molecule has 1 aliphatic carbocycles. The maximum absolute atomic E-state index is 12.3. The highest BCUT2D eigenvalue weighted by Gasteiger charge is 2.26. The van der Waals surface area contributed by atoms with Gasteiger partial charge < -0.3 is 15.4 Å². The summed E-state index contributed by atoms with van der Waals surface area (Å²) >= 11 is 0. The van der Waals surface area contributed by atoms with Crippen LogP contribution >= 0.6 is 0 Å². The van der Waals surface area contributed by atoms with E-state index >= 15 is 0 Å². The lowest BCUT2D eigenvalue weighted by atomic mass is 9.82. The normalized spacial score (nSPS) is 16.9. The van der Waals surface area contributed by atoms with Crippen molar-refractivity contribution in [3.05, 3.63) is 35.4 Å². The minimum absolute atomic E-state index is 0.0151. The summed E-state index contributed by atoms with van der Waals surface area (Å²) in [6, 6.07) is 8.05. The molecule has 0 saturated carbocycles. The van der Waals surface area contributed by atoms with Crippen LogP contribution in [0.1, 0.15) is 29.9 Å². The number of hydrogen-bond donors (Lipinski definition) is 2. The van der Waals surface area contributed by atoms with Crippen LogP contribution in [0.15, 0.2) is 24.3 Å². The minimum atomic E-state index is -0.190. The summed E-state index contributed by atoms with van der Waals surface area (Å²) in [6.07, 6.45) is 2.88. The number of amides is 2. The Morgan fingerprint density at radius 2 is 2.10 bits per heavy atom.